The van der Waals surface area contributed by atoms with E-state index in [1.807, 2.05) is 0 Å². The first-order valence-electron chi connectivity index (χ1n) is 6.81. The first-order chi connectivity index (χ1) is 7.74. The van der Waals surface area contributed by atoms with Gasteiger partial charge in [-0.1, -0.05) is 19.8 Å². The lowest BCUT2D eigenvalue weighted by molar-refractivity contribution is 0.223. The van der Waals surface area contributed by atoms with Crippen LogP contribution in [-0.2, 0) is 0 Å². The minimum absolute atomic E-state index is 0.0595. The summed E-state index contributed by atoms with van der Waals surface area (Å²) >= 11 is 0. The predicted octanol–water partition coefficient (Wildman–Crippen LogP) is 2.81. The molecule has 3 nitrogen and oxygen atoms in total. The maximum atomic E-state index is 11.7. The van der Waals surface area contributed by atoms with Crippen molar-refractivity contribution in [1.29, 1.82) is 0 Å². The molecule has 2 fully saturated rings. The van der Waals surface area contributed by atoms with E-state index in [0.29, 0.717) is 12.1 Å². The normalized spacial score (nSPS) is 31.3. The van der Waals surface area contributed by atoms with Crippen molar-refractivity contribution in [2.24, 2.45) is 5.92 Å². The largest absolute Gasteiger partial charge is 0.335 e. The van der Waals surface area contributed by atoms with Crippen LogP contribution in [-0.4, -0.2) is 18.1 Å². The Labute approximate surface area is 98.4 Å². The van der Waals surface area contributed by atoms with E-state index in [1.165, 1.54) is 25.7 Å². The van der Waals surface area contributed by atoms with E-state index >= 15 is 0 Å². The third-order valence-electron chi connectivity index (χ3n) is 4.03. The van der Waals surface area contributed by atoms with Crippen LogP contribution in [0.3, 0.4) is 0 Å². The second-order valence-electron chi connectivity index (χ2n) is 5.56. The minimum atomic E-state index is 0.0595. The van der Waals surface area contributed by atoms with Crippen LogP contribution in [0.1, 0.15) is 58.3 Å². The molecule has 0 aromatic rings. The van der Waals surface area contributed by atoms with Gasteiger partial charge in [-0.25, -0.2) is 4.79 Å². The fraction of sp³-hybridized carbons (Fsp3) is 0.923. The van der Waals surface area contributed by atoms with Crippen molar-refractivity contribution in [2.45, 2.75) is 70.4 Å². The zero-order valence-corrected chi connectivity index (χ0v) is 10.3. The van der Waals surface area contributed by atoms with Crippen LogP contribution < -0.4 is 10.6 Å². The second kappa shape index (κ2) is 5.55. The summed E-state index contributed by atoms with van der Waals surface area (Å²) in [5.74, 6) is 0.835. The molecule has 0 aromatic heterocycles. The Balaban J connectivity index is 1.68. The van der Waals surface area contributed by atoms with E-state index in [9.17, 15) is 4.79 Å². The summed E-state index contributed by atoms with van der Waals surface area (Å²) < 4.78 is 0. The van der Waals surface area contributed by atoms with Crippen LogP contribution in [0.25, 0.3) is 0 Å². The van der Waals surface area contributed by atoms with Gasteiger partial charge in [-0.3, -0.25) is 0 Å². The van der Waals surface area contributed by atoms with Crippen LogP contribution >= 0.6 is 0 Å². The van der Waals surface area contributed by atoms with Gasteiger partial charge in [0.2, 0.25) is 0 Å². The van der Waals surface area contributed by atoms with Crippen molar-refractivity contribution in [3.8, 4) is 0 Å². The van der Waals surface area contributed by atoms with Gasteiger partial charge in [-0.05, 0) is 44.4 Å². The molecule has 2 aliphatic rings. The quantitative estimate of drug-likeness (QED) is 0.696. The first kappa shape index (κ1) is 11.7. The van der Waals surface area contributed by atoms with Gasteiger partial charge in [-0.2, -0.15) is 0 Å². The van der Waals surface area contributed by atoms with Crippen LogP contribution in [0, 0.1) is 5.92 Å². The van der Waals surface area contributed by atoms with E-state index in [0.717, 1.165) is 31.6 Å². The number of urea groups is 1. The van der Waals surface area contributed by atoms with Crippen LogP contribution in [0.5, 0.6) is 0 Å². The molecule has 2 amide bonds. The van der Waals surface area contributed by atoms with Crippen LogP contribution in [0.15, 0.2) is 0 Å². The molecule has 0 aliphatic heterocycles. The smallest absolute Gasteiger partial charge is 0.315 e. The summed E-state index contributed by atoms with van der Waals surface area (Å²) in [5.41, 5.74) is 0. The first-order valence-corrected chi connectivity index (χ1v) is 6.81. The Morgan fingerprint density at radius 1 is 0.875 bits per heavy atom. The van der Waals surface area contributed by atoms with Crippen molar-refractivity contribution in [2.75, 3.05) is 0 Å². The molecule has 0 radical (unpaired) electrons. The second-order valence-corrected chi connectivity index (χ2v) is 5.56. The Bertz CT molecular complexity index is 238. The Hall–Kier alpha value is -0.730. The third-order valence-corrected chi connectivity index (χ3v) is 4.03. The highest BCUT2D eigenvalue weighted by Crippen LogP contribution is 2.22. The van der Waals surface area contributed by atoms with Crippen molar-refractivity contribution in [3.63, 3.8) is 0 Å². The highest BCUT2D eigenvalue weighted by molar-refractivity contribution is 5.74. The van der Waals surface area contributed by atoms with E-state index in [2.05, 4.69) is 17.6 Å². The van der Waals surface area contributed by atoms with E-state index in [4.69, 9.17) is 0 Å². The average molecular weight is 224 g/mol. The number of amides is 2. The molecule has 0 aromatic carbocycles. The van der Waals surface area contributed by atoms with Gasteiger partial charge in [0.05, 0.1) is 0 Å². The molecule has 2 rings (SSSR count). The summed E-state index contributed by atoms with van der Waals surface area (Å²) in [5, 5.41) is 6.17. The number of rotatable bonds is 2. The SMILES string of the molecule is CC1CCCC(NC(=O)NC2CCC2)CC1. The maximum absolute atomic E-state index is 11.7. The summed E-state index contributed by atoms with van der Waals surface area (Å²) in [6, 6.07) is 0.916. The highest BCUT2D eigenvalue weighted by atomic mass is 16.2. The number of hydrogen-bond acceptors (Lipinski definition) is 1. The topological polar surface area (TPSA) is 41.1 Å². The van der Waals surface area contributed by atoms with Crippen LogP contribution in [0.4, 0.5) is 4.79 Å². The number of hydrogen-bond donors (Lipinski definition) is 2. The molecule has 0 bridgehead atoms. The lowest BCUT2D eigenvalue weighted by Crippen LogP contribution is -2.48. The van der Waals surface area contributed by atoms with Crippen LogP contribution in [0.2, 0.25) is 0 Å². The minimum Gasteiger partial charge on any atom is -0.335 e. The van der Waals surface area contributed by atoms with Crippen molar-refractivity contribution >= 4 is 6.03 Å². The summed E-state index contributed by atoms with van der Waals surface area (Å²) in [6.45, 7) is 2.32. The summed E-state index contributed by atoms with van der Waals surface area (Å²) in [7, 11) is 0. The fourth-order valence-corrected chi connectivity index (χ4v) is 2.60. The molecule has 0 heterocycles. The van der Waals surface area contributed by atoms with Gasteiger partial charge in [0, 0.05) is 12.1 Å². The molecule has 2 atom stereocenters. The average Bonchev–Trinajstić information content (AvgIpc) is 2.38. The number of carbonyl (C=O) groups excluding carboxylic acids is 1. The van der Waals surface area contributed by atoms with E-state index in [1.54, 1.807) is 0 Å². The Morgan fingerprint density at radius 2 is 1.44 bits per heavy atom. The van der Waals surface area contributed by atoms with Gasteiger partial charge in [0.25, 0.3) is 0 Å². The third kappa shape index (κ3) is 3.39. The van der Waals surface area contributed by atoms with Crippen molar-refractivity contribution in [1.82, 2.24) is 10.6 Å². The van der Waals surface area contributed by atoms with Gasteiger partial charge < -0.3 is 10.6 Å². The number of carbonyl (C=O) groups is 1. The number of nitrogens with one attached hydrogen (secondary N) is 2. The highest BCUT2D eigenvalue weighted by Gasteiger charge is 2.22. The molecule has 3 heteroatoms. The standard InChI is InChI=1S/C13H24N2O/c1-10-4-2-5-12(9-8-10)15-13(16)14-11-6-3-7-11/h10-12H,2-9H2,1H3,(H2,14,15,16). The zero-order chi connectivity index (χ0) is 11.4. The molecule has 92 valence electrons. The lowest BCUT2D eigenvalue weighted by atomic mass is 9.93. The summed E-state index contributed by atoms with van der Waals surface area (Å²) in [6.07, 6.45) is 9.74. The molecule has 2 aliphatic carbocycles. The predicted molar refractivity (Wildman–Crippen MR) is 65.3 cm³/mol. The molecular formula is C13H24N2O. The molecule has 2 saturated carbocycles. The molecule has 16 heavy (non-hydrogen) atoms. The van der Waals surface area contributed by atoms with E-state index in [-0.39, 0.29) is 6.03 Å². The van der Waals surface area contributed by atoms with Gasteiger partial charge in [0.15, 0.2) is 0 Å². The molecule has 0 spiro atoms. The maximum Gasteiger partial charge on any atom is 0.315 e. The van der Waals surface area contributed by atoms with E-state index < -0.39 is 0 Å². The zero-order valence-electron chi connectivity index (χ0n) is 10.3. The molecular weight excluding hydrogens is 200 g/mol. The molecule has 0 saturated heterocycles. The fourth-order valence-electron chi connectivity index (χ4n) is 2.60. The molecule has 2 unspecified atom stereocenters. The van der Waals surface area contributed by atoms with Gasteiger partial charge >= 0.3 is 6.03 Å². The van der Waals surface area contributed by atoms with Crippen molar-refractivity contribution in [3.05, 3.63) is 0 Å². The summed E-state index contributed by atoms with van der Waals surface area (Å²) in [4.78, 5) is 11.7. The lowest BCUT2D eigenvalue weighted by Gasteiger charge is -2.27. The van der Waals surface area contributed by atoms with Gasteiger partial charge in [-0.15, -0.1) is 0 Å². The van der Waals surface area contributed by atoms with Gasteiger partial charge in [0.1, 0.15) is 0 Å². The van der Waals surface area contributed by atoms with Crippen molar-refractivity contribution < 1.29 is 4.79 Å². The Kier molecular flexibility index (Phi) is 4.08. The monoisotopic (exact) mass is 224 g/mol. The molecule has 2 N–H and O–H groups in total. The Morgan fingerprint density at radius 3 is 2.06 bits per heavy atom.